The molecule has 0 aromatic carbocycles. The Morgan fingerprint density at radius 1 is 0.800 bits per heavy atom. The molecular weight excluding hydrogens is 312 g/mol. The number of aliphatic carboxylic acids is 1. The van der Waals surface area contributed by atoms with Crippen LogP contribution in [0.15, 0.2) is 72.9 Å². The summed E-state index contributed by atoms with van der Waals surface area (Å²) in [5, 5.41) is 18.3. The molecule has 0 aliphatic carbocycles. The molecule has 1 atom stereocenters. The highest BCUT2D eigenvalue weighted by Crippen LogP contribution is 2.01. The highest BCUT2D eigenvalue weighted by Gasteiger charge is 1.96. The smallest absolute Gasteiger partial charge is 0.303 e. The topological polar surface area (TPSA) is 57.5 Å². The summed E-state index contributed by atoms with van der Waals surface area (Å²) in [5.41, 5.74) is 0. The lowest BCUT2D eigenvalue weighted by molar-refractivity contribution is -0.136. The van der Waals surface area contributed by atoms with E-state index in [0.717, 1.165) is 19.3 Å². The fraction of sp³-hybridized carbons (Fsp3) is 0.409. The third-order valence-corrected chi connectivity index (χ3v) is 3.23. The molecule has 0 saturated heterocycles. The summed E-state index contributed by atoms with van der Waals surface area (Å²) < 4.78 is 0. The van der Waals surface area contributed by atoms with Crippen molar-refractivity contribution in [2.24, 2.45) is 0 Å². The number of rotatable bonds is 14. The lowest BCUT2D eigenvalue weighted by Crippen LogP contribution is -2.02. The number of aliphatic hydroxyl groups is 1. The van der Waals surface area contributed by atoms with E-state index < -0.39 is 5.97 Å². The first-order valence-electron chi connectivity index (χ1n) is 9.00. The van der Waals surface area contributed by atoms with Crippen LogP contribution >= 0.6 is 0 Å². The molecule has 0 bridgehead atoms. The van der Waals surface area contributed by atoms with E-state index in [1.54, 1.807) is 0 Å². The van der Waals surface area contributed by atoms with Gasteiger partial charge in [0.1, 0.15) is 0 Å². The summed E-state index contributed by atoms with van der Waals surface area (Å²) in [5.74, 6) is -0.764. The maximum atomic E-state index is 10.3. The molecule has 0 saturated carbocycles. The Morgan fingerprint density at radius 2 is 1.40 bits per heavy atom. The Morgan fingerprint density at radius 3 is 2.12 bits per heavy atom. The summed E-state index contributed by atoms with van der Waals surface area (Å²) in [6, 6.07) is 0. The van der Waals surface area contributed by atoms with Crippen LogP contribution in [0.3, 0.4) is 0 Å². The first-order valence-corrected chi connectivity index (χ1v) is 9.00. The molecule has 1 unspecified atom stereocenters. The van der Waals surface area contributed by atoms with Crippen molar-refractivity contribution in [3.05, 3.63) is 72.9 Å². The summed E-state index contributed by atoms with van der Waals surface area (Å²) in [6.45, 7) is 2.11. The van der Waals surface area contributed by atoms with E-state index in [-0.39, 0.29) is 12.5 Å². The molecule has 0 spiro atoms. The lowest BCUT2D eigenvalue weighted by atomic mass is 10.1. The average Bonchev–Trinajstić information content (AvgIpc) is 2.58. The molecule has 0 amide bonds. The predicted molar refractivity (Wildman–Crippen MR) is 106 cm³/mol. The van der Waals surface area contributed by atoms with E-state index >= 15 is 0 Å². The van der Waals surface area contributed by atoms with E-state index in [9.17, 15) is 9.90 Å². The van der Waals surface area contributed by atoms with Gasteiger partial charge in [-0.25, -0.2) is 0 Å². The largest absolute Gasteiger partial charge is 0.481 e. The van der Waals surface area contributed by atoms with E-state index in [4.69, 9.17) is 5.11 Å². The minimum atomic E-state index is -0.764. The summed E-state index contributed by atoms with van der Waals surface area (Å²) >= 11 is 0. The second-order valence-electron chi connectivity index (χ2n) is 5.59. The molecule has 0 aliphatic rings. The molecule has 0 heterocycles. The highest BCUT2D eigenvalue weighted by molar-refractivity contribution is 5.66. The van der Waals surface area contributed by atoms with E-state index in [1.165, 1.54) is 0 Å². The van der Waals surface area contributed by atoms with Gasteiger partial charge in [-0.1, -0.05) is 79.8 Å². The van der Waals surface area contributed by atoms with Crippen LogP contribution in [0.2, 0.25) is 0 Å². The van der Waals surface area contributed by atoms with Crippen molar-refractivity contribution >= 4 is 5.97 Å². The van der Waals surface area contributed by atoms with Gasteiger partial charge >= 0.3 is 5.97 Å². The van der Waals surface area contributed by atoms with Crippen molar-refractivity contribution in [2.75, 3.05) is 0 Å². The number of carbonyl (C=O) groups is 1. The molecule has 0 aromatic rings. The van der Waals surface area contributed by atoms with Crippen LogP contribution in [0, 0.1) is 0 Å². The summed E-state index contributed by atoms with van der Waals surface area (Å²) in [4.78, 5) is 10.3. The maximum absolute atomic E-state index is 10.3. The Labute approximate surface area is 152 Å². The van der Waals surface area contributed by atoms with Crippen LogP contribution in [0.4, 0.5) is 0 Å². The predicted octanol–water partition coefficient (Wildman–Crippen LogP) is 5.52. The van der Waals surface area contributed by atoms with Crippen molar-refractivity contribution in [3.63, 3.8) is 0 Å². The Hall–Kier alpha value is -2.13. The van der Waals surface area contributed by atoms with Crippen molar-refractivity contribution < 1.29 is 15.0 Å². The van der Waals surface area contributed by atoms with Gasteiger partial charge in [-0.15, -0.1) is 0 Å². The minimum Gasteiger partial charge on any atom is -0.481 e. The average molecular weight is 344 g/mol. The van der Waals surface area contributed by atoms with Crippen molar-refractivity contribution in [1.29, 1.82) is 0 Å². The Bertz CT molecular complexity index is 493. The van der Waals surface area contributed by atoms with Gasteiger partial charge in [0.25, 0.3) is 0 Å². The number of carboxylic acid groups (broad SMARTS) is 1. The summed E-state index contributed by atoms with van der Waals surface area (Å²) in [6.07, 6.45) is 28.5. The van der Waals surface area contributed by atoms with E-state index in [1.807, 2.05) is 54.7 Å². The molecule has 25 heavy (non-hydrogen) atoms. The van der Waals surface area contributed by atoms with Crippen LogP contribution in [-0.4, -0.2) is 22.3 Å². The molecule has 3 nitrogen and oxygen atoms in total. The van der Waals surface area contributed by atoms with Crippen LogP contribution < -0.4 is 0 Å². The molecule has 138 valence electrons. The first-order chi connectivity index (χ1) is 12.2. The molecule has 2 N–H and O–H groups in total. The third kappa shape index (κ3) is 19.8. The Kier molecular flexibility index (Phi) is 16.7. The monoisotopic (exact) mass is 344 g/mol. The van der Waals surface area contributed by atoms with Crippen molar-refractivity contribution in [2.45, 2.75) is 58.0 Å². The quantitative estimate of drug-likeness (QED) is 0.322. The zero-order valence-electron chi connectivity index (χ0n) is 15.3. The van der Waals surface area contributed by atoms with Gasteiger partial charge < -0.3 is 10.2 Å². The Balaban J connectivity index is 3.71. The number of carboxylic acids is 1. The molecule has 0 rings (SSSR count). The van der Waals surface area contributed by atoms with Gasteiger partial charge in [-0.2, -0.15) is 0 Å². The van der Waals surface area contributed by atoms with Crippen molar-refractivity contribution in [1.82, 2.24) is 0 Å². The number of hydrogen-bond donors (Lipinski definition) is 2. The lowest BCUT2D eigenvalue weighted by Gasteiger charge is -2.02. The van der Waals surface area contributed by atoms with Gasteiger partial charge in [0.2, 0.25) is 0 Å². The normalized spacial score (nSPS) is 14.3. The molecule has 3 heteroatoms. The van der Waals surface area contributed by atoms with Gasteiger partial charge in [-0.3, -0.25) is 4.79 Å². The second kappa shape index (κ2) is 18.2. The highest BCUT2D eigenvalue weighted by atomic mass is 16.4. The first kappa shape index (κ1) is 22.9. The maximum Gasteiger partial charge on any atom is 0.303 e. The van der Waals surface area contributed by atoms with Gasteiger partial charge in [0.05, 0.1) is 6.10 Å². The van der Waals surface area contributed by atoms with Gasteiger partial charge in [0.15, 0.2) is 0 Å². The van der Waals surface area contributed by atoms with Crippen LogP contribution in [-0.2, 0) is 4.79 Å². The third-order valence-electron chi connectivity index (χ3n) is 3.23. The SMILES string of the molecule is CC/C=C\C/C=C\CC(O)C\C=C/C=C/C=C\C/C=C\CCC(=O)O. The number of allylic oxidation sites excluding steroid dienone is 10. The number of aliphatic hydroxyl groups excluding tert-OH is 1. The van der Waals surface area contributed by atoms with Gasteiger partial charge in [0, 0.05) is 6.42 Å². The minimum absolute atomic E-state index is 0.183. The molecule has 0 fully saturated rings. The van der Waals surface area contributed by atoms with Crippen LogP contribution in [0.1, 0.15) is 51.9 Å². The molecule has 0 aromatic heterocycles. The molecule has 0 radical (unpaired) electrons. The van der Waals surface area contributed by atoms with E-state index in [0.29, 0.717) is 19.3 Å². The summed E-state index contributed by atoms with van der Waals surface area (Å²) in [7, 11) is 0. The fourth-order valence-corrected chi connectivity index (χ4v) is 1.89. The standard InChI is InChI=1S/C22H32O3/c1-2-3-4-5-12-15-18-21(23)19-16-13-10-8-6-7-9-11-14-17-20-22(24)25/h3-4,6-8,10-16,21,23H,2,5,9,17-20H2,1H3,(H,24,25)/b4-3-,7-6-,10-8+,14-11-,15-12-,16-13-. The van der Waals surface area contributed by atoms with Crippen LogP contribution in [0.25, 0.3) is 0 Å². The zero-order chi connectivity index (χ0) is 18.6. The van der Waals surface area contributed by atoms with E-state index in [2.05, 4.69) is 25.2 Å². The molecular formula is C22H32O3. The second-order valence-corrected chi connectivity index (χ2v) is 5.59. The molecule has 0 aliphatic heterocycles. The van der Waals surface area contributed by atoms with Crippen LogP contribution in [0.5, 0.6) is 0 Å². The zero-order valence-corrected chi connectivity index (χ0v) is 15.3. The fourth-order valence-electron chi connectivity index (χ4n) is 1.89. The van der Waals surface area contributed by atoms with Gasteiger partial charge in [-0.05, 0) is 38.5 Å². The number of hydrogen-bond acceptors (Lipinski definition) is 2. The van der Waals surface area contributed by atoms with Crippen molar-refractivity contribution in [3.8, 4) is 0 Å².